The van der Waals surface area contributed by atoms with Gasteiger partial charge in [0.05, 0.1) is 18.2 Å². The number of carboxylic acids is 1. The molecule has 1 aliphatic heterocycles. The molecule has 128 valence electrons. The second-order valence-electron chi connectivity index (χ2n) is 5.82. The number of hydrogen-bond acceptors (Lipinski definition) is 3. The number of rotatable bonds is 5. The lowest BCUT2D eigenvalue weighted by molar-refractivity contribution is -0.141. The van der Waals surface area contributed by atoms with Crippen molar-refractivity contribution in [3.05, 3.63) is 70.2 Å². The molecule has 25 heavy (non-hydrogen) atoms. The summed E-state index contributed by atoms with van der Waals surface area (Å²) in [5.41, 5.74) is 2.76. The quantitative estimate of drug-likeness (QED) is 0.824. The van der Waals surface area contributed by atoms with E-state index in [1.54, 1.807) is 0 Å². The van der Waals surface area contributed by atoms with E-state index in [1.165, 1.54) is 5.01 Å². The van der Waals surface area contributed by atoms with Crippen LogP contribution in [0.15, 0.2) is 64.2 Å². The molecule has 0 bridgehead atoms. The molecule has 1 N–H and O–H groups in total. The van der Waals surface area contributed by atoms with E-state index in [1.807, 2.05) is 54.6 Å². The maximum atomic E-state index is 12.5. The summed E-state index contributed by atoms with van der Waals surface area (Å²) in [5.74, 6) is -1.27. The van der Waals surface area contributed by atoms with Gasteiger partial charge in [-0.2, -0.15) is 5.10 Å². The lowest BCUT2D eigenvalue weighted by atomic mass is 9.98. The number of aliphatic carboxylic acids is 1. The molecule has 1 heterocycles. The first kappa shape index (κ1) is 17.4. The summed E-state index contributed by atoms with van der Waals surface area (Å²) in [6, 6.07) is 17.2. The highest BCUT2D eigenvalue weighted by molar-refractivity contribution is 9.10. The monoisotopic (exact) mass is 400 g/mol. The predicted octanol–water partition coefficient (Wildman–Crippen LogP) is 3.99. The molecule has 3 rings (SSSR count). The van der Waals surface area contributed by atoms with Crippen molar-refractivity contribution in [2.24, 2.45) is 5.10 Å². The molecule has 1 aliphatic rings. The molecule has 0 spiro atoms. The summed E-state index contributed by atoms with van der Waals surface area (Å²) < 4.78 is 0.927. The normalized spacial score (nSPS) is 16.6. The van der Waals surface area contributed by atoms with E-state index in [4.69, 9.17) is 5.11 Å². The van der Waals surface area contributed by atoms with Crippen molar-refractivity contribution in [3.63, 3.8) is 0 Å². The van der Waals surface area contributed by atoms with E-state index < -0.39 is 5.97 Å². The van der Waals surface area contributed by atoms with Crippen LogP contribution >= 0.6 is 15.9 Å². The Morgan fingerprint density at radius 2 is 1.88 bits per heavy atom. The number of hydrazone groups is 1. The number of nitrogens with zero attached hydrogens (tertiary/aromatic N) is 2. The van der Waals surface area contributed by atoms with Gasteiger partial charge in [0.2, 0.25) is 5.91 Å². The number of amides is 1. The summed E-state index contributed by atoms with van der Waals surface area (Å²) in [5, 5.41) is 14.8. The van der Waals surface area contributed by atoms with Gasteiger partial charge in [-0.15, -0.1) is 0 Å². The van der Waals surface area contributed by atoms with Gasteiger partial charge in [-0.25, -0.2) is 5.01 Å². The van der Waals surface area contributed by atoms with E-state index in [-0.39, 0.29) is 24.8 Å². The highest BCUT2D eigenvalue weighted by atomic mass is 79.9. The fraction of sp³-hybridized carbons (Fsp3) is 0.211. The maximum absolute atomic E-state index is 12.5. The number of hydrogen-bond donors (Lipinski definition) is 1. The minimum absolute atomic E-state index is 0.0641. The fourth-order valence-electron chi connectivity index (χ4n) is 2.85. The number of carbonyl (C=O) groups is 2. The molecular weight excluding hydrogens is 384 g/mol. The highest BCUT2D eigenvalue weighted by Gasteiger charge is 2.33. The van der Waals surface area contributed by atoms with Crippen LogP contribution in [0.5, 0.6) is 0 Å². The van der Waals surface area contributed by atoms with Crippen molar-refractivity contribution in [2.75, 3.05) is 0 Å². The summed E-state index contributed by atoms with van der Waals surface area (Å²) in [7, 11) is 0. The Hall–Kier alpha value is -2.47. The van der Waals surface area contributed by atoms with Gasteiger partial charge in [0.1, 0.15) is 0 Å². The van der Waals surface area contributed by atoms with Gasteiger partial charge in [-0.1, -0.05) is 58.4 Å². The van der Waals surface area contributed by atoms with Crippen molar-refractivity contribution in [3.8, 4) is 0 Å². The Morgan fingerprint density at radius 3 is 2.56 bits per heavy atom. The Labute approximate surface area is 154 Å². The number of halogens is 1. The van der Waals surface area contributed by atoms with Gasteiger partial charge < -0.3 is 5.11 Å². The smallest absolute Gasteiger partial charge is 0.303 e. The molecule has 0 saturated heterocycles. The number of benzene rings is 2. The third kappa shape index (κ3) is 4.14. The van der Waals surface area contributed by atoms with Crippen molar-refractivity contribution in [1.82, 2.24) is 5.01 Å². The zero-order chi connectivity index (χ0) is 17.8. The van der Waals surface area contributed by atoms with Crippen molar-refractivity contribution < 1.29 is 14.7 Å². The number of carboxylic acid groups (broad SMARTS) is 1. The van der Waals surface area contributed by atoms with Crippen LogP contribution in [0.2, 0.25) is 0 Å². The third-order valence-corrected chi connectivity index (χ3v) is 4.55. The van der Waals surface area contributed by atoms with Crippen LogP contribution in [-0.2, 0) is 9.59 Å². The third-order valence-electron chi connectivity index (χ3n) is 4.06. The second-order valence-corrected chi connectivity index (χ2v) is 6.74. The lowest BCUT2D eigenvalue weighted by Gasteiger charge is -2.22. The van der Waals surface area contributed by atoms with Crippen LogP contribution in [-0.4, -0.2) is 27.7 Å². The van der Waals surface area contributed by atoms with Crippen LogP contribution in [0.4, 0.5) is 0 Å². The lowest BCUT2D eigenvalue weighted by Crippen LogP contribution is -2.27. The first-order valence-electron chi connectivity index (χ1n) is 7.97. The summed E-state index contributed by atoms with van der Waals surface area (Å²) in [6.45, 7) is 0. The molecule has 2 aromatic carbocycles. The maximum Gasteiger partial charge on any atom is 0.303 e. The van der Waals surface area contributed by atoms with E-state index in [2.05, 4.69) is 21.0 Å². The zero-order valence-electron chi connectivity index (χ0n) is 13.4. The molecule has 0 unspecified atom stereocenters. The van der Waals surface area contributed by atoms with Crippen LogP contribution in [0.1, 0.15) is 36.4 Å². The molecule has 2 aromatic rings. The molecule has 0 fully saturated rings. The van der Waals surface area contributed by atoms with E-state index in [0.717, 1.165) is 21.3 Å². The molecular formula is C19H17BrN2O3. The topological polar surface area (TPSA) is 70.0 Å². The SMILES string of the molecule is O=C(O)CCC(=O)N1N=C(c2ccccc2)C[C@H]1c1cccc(Br)c1. The Balaban J connectivity index is 1.90. The van der Waals surface area contributed by atoms with E-state index in [9.17, 15) is 9.59 Å². The first-order chi connectivity index (χ1) is 12.0. The summed E-state index contributed by atoms with van der Waals surface area (Å²) in [6.07, 6.45) is 0.335. The first-order valence-corrected chi connectivity index (χ1v) is 8.76. The largest absolute Gasteiger partial charge is 0.481 e. The van der Waals surface area contributed by atoms with Gasteiger partial charge >= 0.3 is 5.97 Å². The molecule has 1 amide bonds. The fourth-order valence-corrected chi connectivity index (χ4v) is 3.26. The van der Waals surface area contributed by atoms with Gasteiger partial charge in [-0.3, -0.25) is 9.59 Å². The summed E-state index contributed by atoms with van der Waals surface area (Å²) >= 11 is 3.46. The van der Waals surface area contributed by atoms with Gasteiger partial charge in [0.15, 0.2) is 0 Å². The van der Waals surface area contributed by atoms with Crippen molar-refractivity contribution in [1.29, 1.82) is 0 Å². The van der Waals surface area contributed by atoms with Crippen molar-refractivity contribution >= 4 is 33.5 Å². The van der Waals surface area contributed by atoms with Crippen LogP contribution in [0.3, 0.4) is 0 Å². The minimum Gasteiger partial charge on any atom is -0.481 e. The summed E-state index contributed by atoms with van der Waals surface area (Å²) in [4.78, 5) is 23.3. The average molecular weight is 401 g/mol. The molecule has 1 atom stereocenters. The zero-order valence-corrected chi connectivity index (χ0v) is 15.0. The van der Waals surface area contributed by atoms with E-state index in [0.29, 0.717) is 6.42 Å². The Morgan fingerprint density at radius 1 is 1.12 bits per heavy atom. The average Bonchev–Trinajstić information content (AvgIpc) is 3.06. The Bertz CT molecular complexity index is 820. The van der Waals surface area contributed by atoms with Crippen molar-refractivity contribution in [2.45, 2.75) is 25.3 Å². The Kier molecular flexibility index (Phi) is 5.28. The van der Waals surface area contributed by atoms with Gasteiger partial charge in [0, 0.05) is 17.3 Å². The molecule has 0 radical (unpaired) electrons. The second kappa shape index (κ2) is 7.61. The molecule has 5 nitrogen and oxygen atoms in total. The molecule has 0 saturated carbocycles. The predicted molar refractivity (Wildman–Crippen MR) is 98.2 cm³/mol. The minimum atomic E-state index is -0.987. The standard InChI is InChI=1S/C19H17BrN2O3/c20-15-8-4-7-14(11-15)17-12-16(13-5-2-1-3-6-13)21-22(17)18(23)9-10-19(24)25/h1-8,11,17H,9-10,12H2,(H,24,25)/t17-/m0/s1. The van der Waals surface area contributed by atoms with Crippen LogP contribution in [0.25, 0.3) is 0 Å². The molecule has 0 aliphatic carbocycles. The number of carbonyl (C=O) groups excluding carboxylic acids is 1. The van der Waals surface area contributed by atoms with Gasteiger partial charge in [-0.05, 0) is 23.3 Å². The molecule has 6 heteroatoms. The van der Waals surface area contributed by atoms with E-state index >= 15 is 0 Å². The highest BCUT2D eigenvalue weighted by Crippen LogP contribution is 2.34. The molecule has 0 aromatic heterocycles. The van der Waals surface area contributed by atoms with Gasteiger partial charge in [0.25, 0.3) is 0 Å². The van der Waals surface area contributed by atoms with Crippen LogP contribution < -0.4 is 0 Å². The van der Waals surface area contributed by atoms with Crippen LogP contribution in [0, 0.1) is 0 Å².